The van der Waals surface area contributed by atoms with Gasteiger partial charge in [0.1, 0.15) is 5.27 Å². The minimum atomic E-state index is -0.341. The van der Waals surface area contributed by atoms with E-state index in [1.54, 1.807) is 5.01 Å². The molecule has 0 aliphatic heterocycles. The van der Waals surface area contributed by atoms with Gasteiger partial charge >= 0.3 is 0 Å². The van der Waals surface area contributed by atoms with Gasteiger partial charge in [-0.1, -0.05) is 26.7 Å². The zero-order valence-corrected chi connectivity index (χ0v) is 12.6. The summed E-state index contributed by atoms with van der Waals surface area (Å²) in [6, 6.07) is 0. The van der Waals surface area contributed by atoms with E-state index in [1.807, 2.05) is 14.1 Å². The second-order valence-electron chi connectivity index (χ2n) is 5.03. The molecule has 0 saturated carbocycles. The Hall–Kier alpha value is -1.30. The number of nitrogens with zero attached hydrogens (tertiary/aromatic N) is 4. The molecule has 0 amide bonds. The Balaban J connectivity index is 2.73. The van der Waals surface area contributed by atoms with Crippen LogP contribution in [-0.4, -0.2) is 37.4 Å². The molecule has 1 aromatic heterocycles. The second kappa shape index (κ2) is 7.99. The van der Waals surface area contributed by atoms with Crippen LogP contribution in [0, 0.1) is 0 Å². The zero-order valence-electron chi connectivity index (χ0n) is 12.6. The van der Waals surface area contributed by atoms with E-state index in [4.69, 9.17) is 4.52 Å². The standard InChI is InChI=1S/C13H26N4O2/c1-5-7-9-16(10-8-6-2)11-12-13(18)19-14-17(12)15(3)4/h5-11H2,1-4H3. The molecule has 0 atom stereocenters. The summed E-state index contributed by atoms with van der Waals surface area (Å²) in [4.78, 5) is 3.84. The summed E-state index contributed by atoms with van der Waals surface area (Å²) >= 11 is 0. The molecule has 0 aliphatic rings. The number of hydrogen-bond donors (Lipinski definition) is 0. The summed E-state index contributed by atoms with van der Waals surface area (Å²) in [5, 5.41) is 17.2. The van der Waals surface area contributed by atoms with E-state index in [9.17, 15) is 5.11 Å². The van der Waals surface area contributed by atoms with Gasteiger partial charge in [-0.05, 0) is 25.9 Å². The predicted molar refractivity (Wildman–Crippen MR) is 71.3 cm³/mol. The van der Waals surface area contributed by atoms with Gasteiger partial charge in [0.25, 0.3) is 5.69 Å². The van der Waals surface area contributed by atoms with Crippen molar-refractivity contribution >= 4 is 0 Å². The monoisotopic (exact) mass is 270 g/mol. The van der Waals surface area contributed by atoms with E-state index in [0.717, 1.165) is 38.8 Å². The Morgan fingerprint density at radius 1 is 1.16 bits per heavy atom. The van der Waals surface area contributed by atoms with Crippen LogP contribution in [0.3, 0.4) is 0 Å². The molecule has 0 saturated heterocycles. The summed E-state index contributed by atoms with van der Waals surface area (Å²) in [7, 11) is 3.68. The highest BCUT2D eigenvalue weighted by atomic mass is 16.6. The molecular formula is C13H26N4O2. The average Bonchev–Trinajstić information content (AvgIpc) is 2.74. The lowest BCUT2D eigenvalue weighted by Gasteiger charge is -2.20. The maximum atomic E-state index is 11.7. The van der Waals surface area contributed by atoms with Gasteiger partial charge in [-0.25, -0.2) is 0 Å². The first-order valence-electron chi connectivity index (χ1n) is 7.08. The second-order valence-corrected chi connectivity index (χ2v) is 5.03. The van der Waals surface area contributed by atoms with Crippen LogP contribution in [-0.2, 0) is 6.54 Å². The maximum absolute atomic E-state index is 11.7. The minimum Gasteiger partial charge on any atom is -0.539 e. The highest BCUT2D eigenvalue weighted by molar-refractivity contribution is 5.03. The third-order valence-corrected chi connectivity index (χ3v) is 3.09. The third kappa shape index (κ3) is 4.70. The molecular weight excluding hydrogens is 244 g/mol. The van der Waals surface area contributed by atoms with Crippen LogP contribution in [0.1, 0.15) is 45.2 Å². The zero-order chi connectivity index (χ0) is 14.3. The van der Waals surface area contributed by atoms with Crippen molar-refractivity contribution < 1.29 is 14.4 Å². The predicted octanol–water partition coefficient (Wildman–Crippen LogP) is 0.636. The first-order chi connectivity index (χ1) is 9.10. The molecule has 6 heteroatoms. The Morgan fingerprint density at radius 3 is 2.21 bits per heavy atom. The third-order valence-electron chi connectivity index (χ3n) is 3.09. The molecule has 1 aromatic rings. The molecule has 1 rings (SSSR count). The molecule has 0 aliphatic carbocycles. The maximum Gasteiger partial charge on any atom is 0.281 e. The van der Waals surface area contributed by atoms with Gasteiger partial charge in [-0.15, -0.1) is 0 Å². The lowest BCUT2D eigenvalue weighted by atomic mass is 10.2. The van der Waals surface area contributed by atoms with Gasteiger partial charge in [0, 0.05) is 4.79 Å². The Bertz CT molecular complexity index is 358. The molecule has 0 radical (unpaired) electrons. The molecule has 0 aromatic carbocycles. The van der Waals surface area contributed by atoms with Crippen molar-refractivity contribution in [1.29, 1.82) is 0 Å². The van der Waals surface area contributed by atoms with Crippen molar-refractivity contribution in [2.45, 2.75) is 46.1 Å². The minimum absolute atomic E-state index is 0.341. The van der Waals surface area contributed by atoms with Crippen molar-refractivity contribution in [3.8, 4) is 5.95 Å². The smallest absolute Gasteiger partial charge is 0.281 e. The van der Waals surface area contributed by atoms with E-state index in [0.29, 0.717) is 12.2 Å². The molecule has 0 spiro atoms. The lowest BCUT2D eigenvalue weighted by molar-refractivity contribution is -0.760. The van der Waals surface area contributed by atoms with Gasteiger partial charge in [-0.3, -0.25) is 4.90 Å². The Labute approximate surface area is 115 Å². The van der Waals surface area contributed by atoms with Crippen molar-refractivity contribution in [2.24, 2.45) is 0 Å². The van der Waals surface area contributed by atoms with Crippen LogP contribution in [0.5, 0.6) is 5.95 Å². The summed E-state index contributed by atoms with van der Waals surface area (Å²) < 4.78 is 4.76. The molecule has 19 heavy (non-hydrogen) atoms. The molecule has 0 unspecified atom stereocenters. The number of aromatic nitrogens is 2. The van der Waals surface area contributed by atoms with Gasteiger partial charge in [0.2, 0.25) is 0 Å². The van der Waals surface area contributed by atoms with E-state index < -0.39 is 0 Å². The van der Waals surface area contributed by atoms with Crippen molar-refractivity contribution in [1.82, 2.24) is 10.2 Å². The first-order valence-corrected chi connectivity index (χ1v) is 7.08. The molecule has 0 bridgehead atoms. The number of rotatable bonds is 9. The fourth-order valence-corrected chi connectivity index (χ4v) is 1.95. The number of hydrogen-bond acceptors (Lipinski definition) is 5. The summed E-state index contributed by atoms with van der Waals surface area (Å²) in [5.41, 5.74) is 0.595. The highest BCUT2D eigenvalue weighted by Gasteiger charge is 2.22. The summed E-state index contributed by atoms with van der Waals surface area (Å²) in [6.45, 7) is 6.97. The topological polar surface area (TPSA) is 59.5 Å². The van der Waals surface area contributed by atoms with E-state index in [1.165, 1.54) is 4.79 Å². The summed E-state index contributed by atoms with van der Waals surface area (Å²) in [6.07, 6.45) is 4.60. The largest absolute Gasteiger partial charge is 0.539 e. The SMILES string of the molecule is CCCCN(CCCC)Cc1c([O-])on[n+]1N(C)C. The van der Waals surface area contributed by atoms with Gasteiger partial charge in [0.15, 0.2) is 5.95 Å². The fourth-order valence-electron chi connectivity index (χ4n) is 1.95. The van der Waals surface area contributed by atoms with E-state index in [2.05, 4.69) is 24.0 Å². The van der Waals surface area contributed by atoms with Gasteiger partial charge < -0.3 is 9.63 Å². The first kappa shape index (κ1) is 15.8. The highest BCUT2D eigenvalue weighted by Crippen LogP contribution is 2.11. The van der Waals surface area contributed by atoms with Gasteiger partial charge in [-0.2, -0.15) is 5.01 Å². The summed E-state index contributed by atoms with van der Waals surface area (Å²) in [5.74, 6) is -0.341. The van der Waals surface area contributed by atoms with E-state index >= 15 is 0 Å². The average molecular weight is 270 g/mol. The van der Waals surface area contributed by atoms with Crippen LogP contribution in [0.4, 0.5) is 0 Å². The van der Waals surface area contributed by atoms with Gasteiger partial charge in [0.05, 0.1) is 20.6 Å². The Kier molecular flexibility index (Phi) is 6.62. The van der Waals surface area contributed by atoms with Crippen molar-refractivity contribution in [3.05, 3.63) is 5.69 Å². The normalized spacial score (nSPS) is 11.2. The van der Waals surface area contributed by atoms with Crippen molar-refractivity contribution in [3.63, 3.8) is 0 Å². The molecule has 110 valence electrons. The Morgan fingerprint density at radius 2 is 1.74 bits per heavy atom. The lowest BCUT2D eigenvalue weighted by Crippen LogP contribution is -2.57. The van der Waals surface area contributed by atoms with Crippen LogP contribution >= 0.6 is 0 Å². The van der Waals surface area contributed by atoms with E-state index in [-0.39, 0.29) is 5.95 Å². The molecule has 0 N–H and O–H groups in total. The van der Waals surface area contributed by atoms with Crippen LogP contribution < -0.4 is 14.9 Å². The molecule has 6 nitrogen and oxygen atoms in total. The quantitative estimate of drug-likeness (QED) is 0.616. The van der Waals surface area contributed by atoms with Crippen molar-refractivity contribution in [2.75, 3.05) is 32.2 Å². The molecule has 1 heterocycles. The van der Waals surface area contributed by atoms with Crippen LogP contribution in [0.25, 0.3) is 0 Å². The van der Waals surface area contributed by atoms with Crippen LogP contribution in [0.2, 0.25) is 0 Å². The number of unbranched alkanes of at least 4 members (excludes halogenated alkanes) is 2. The van der Waals surface area contributed by atoms with Crippen LogP contribution in [0.15, 0.2) is 4.52 Å². The molecule has 0 fully saturated rings. The fraction of sp³-hybridized carbons (Fsp3) is 0.846.